The molecule has 33 heavy (non-hydrogen) atoms. The van der Waals surface area contributed by atoms with Gasteiger partial charge in [0, 0.05) is 50.2 Å². The maximum Gasteiger partial charge on any atom is 0.331 e. The van der Waals surface area contributed by atoms with Crippen molar-refractivity contribution in [2.24, 2.45) is 14.1 Å². The Kier molecular flexibility index (Phi) is 5.49. The summed E-state index contributed by atoms with van der Waals surface area (Å²) in [5.41, 5.74) is 4.16. The van der Waals surface area contributed by atoms with Gasteiger partial charge in [-0.05, 0) is 23.6 Å². The molecular formula is C27H26N4O2. The van der Waals surface area contributed by atoms with Crippen LogP contribution in [0.25, 0.3) is 10.9 Å². The number of hydrogen-bond donors (Lipinski definition) is 0. The zero-order valence-electron chi connectivity index (χ0n) is 18.9. The van der Waals surface area contributed by atoms with E-state index in [4.69, 9.17) is 0 Å². The van der Waals surface area contributed by atoms with E-state index in [1.807, 2.05) is 49.5 Å². The molecule has 0 saturated heterocycles. The smallest absolute Gasteiger partial charge is 0.331 e. The van der Waals surface area contributed by atoms with Crippen LogP contribution in [0.4, 0.5) is 0 Å². The van der Waals surface area contributed by atoms with Crippen LogP contribution in [-0.4, -0.2) is 31.7 Å². The minimum atomic E-state index is -0.258. The Balaban J connectivity index is 1.39. The molecule has 6 heteroatoms. The molecule has 6 nitrogen and oxygen atoms in total. The molecule has 3 heterocycles. The summed E-state index contributed by atoms with van der Waals surface area (Å²) >= 11 is 0. The van der Waals surface area contributed by atoms with Gasteiger partial charge in [-0.15, -0.1) is 0 Å². The van der Waals surface area contributed by atoms with Crippen LogP contribution in [0.1, 0.15) is 22.5 Å². The highest BCUT2D eigenvalue weighted by Gasteiger charge is 2.23. The van der Waals surface area contributed by atoms with Crippen LogP contribution in [0.3, 0.4) is 0 Å². The second-order valence-corrected chi connectivity index (χ2v) is 8.55. The quantitative estimate of drug-likeness (QED) is 0.462. The average Bonchev–Trinajstić information content (AvgIpc) is 3.16. The van der Waals surface area contributed by atoms with Crippen LogP contribution in [0.5, 0.6) is 0 Å². The topological polar surface area (TPSA) is 52.2 Å². The van der Waals surface area contributed by atoms with Crippen LogP contribution >= 0.6 is 0 Å². The lowest BCUT2D eigenvalue weighted by molar-refractivity contribution is 0.275. The Bertz CT molecular complexity index is 1510. The first-order chi connectivity index (χ1) is 16.0. The van der Waals surface area contributed by atoms with Gasteiger partial charge in [-0.3, -0.25) is 14.3 Å². The van der Waals surface area contributed by atoms with Crippen LogP contribution in [0.2, 0.25) is 0 Å². The number of hydrogen-bond acceptors (Lipinski definition) is 3. The highest BCUT2D eigenvalue weighted by Crippen LogP contribution is 2.18. The fourth-order valence-electron chi connectivity index (χ4n) is 4.61. The third-order valence-electron chi connectivity index (χ3n) is 6.48. The van der Waals surface area contributed by atoms with Gasteiger partial charge in [-0.2, -0.15) is 0 Å². The standard InChI is InChI=1S/C27H26N4O2/c1-28-22(17-21-11-6-7-13-24(21)28)12-8-15-30-16-14-25-23(19-30)26(32)31(27(33)29(25)2)18-20-9-4-3-5-10-20/h3-7,9-11,13,17H,14-16,18-19H2,1-2H3. The van der Waals surface area contributed by atoms with Crippen molar-refractivity contribution in [1.82, 2.24) is 18.6 Å². The molecule has 0 saturated carbocycles. The fraction of sp³-hybridized carbons (Fsp3) is 0.259. The predicted molar refractivity (Wildman–Crippen MR) is 130 cm³/mol. The molecule has 0 N–H and O–H groups in total. The molecule has 4 aromatic rings. The van der Waals surface area contributed by atoms with Crippen molar-refractivity contribution >= 4 is 10.9 Å². The second kappa shape index (κ2) is 8.61. The Morgan fingerprint density at radius 1 is 0.939 bits per heavy atom. The maximum absolute atomic E-state index is 13.3. The van der Waals surface area contributed by atoms with Gasteiger partial charge in [0.1, 0.15) is 0 Å². The summed E-state index contributed by atoms with van der Waals surface area (Å²) in [6.45, 7) is 2.12. The van der Waals surface area contributed by atoms with Crippen molar-refractivity contribution in [3.63, 3.8) is 0 Å². The van der Waals surface area contributed by atoms with E-state index in [0.29, 0.717) is 25.1 Å². The molecular weight excluding hydrogens is 412 g/mol. The van der Waals surface area contributed by atoms with E-state index in [9.17, 15) is 9.59 Å². The number of nitrogens with zero attached hydrogens (tertiary/aromatic N) is 4. The Morgan fingerprint density at radius 2 is 1.70 bits per heavy atom. The molecule has 0 amide bonds. The average molecular weight is 439 g/mol. The molecule has 0 radical (unpaired) electrons. The molecule has 1 aliphatic rings. The zero-order chi connectivity index (χ0) is 22.9. The summed E-state index contributed by atoms with van der Waals surface area (Å²) in [7, 11) is 3.79. The van der Waals surface area contributed by atoms with E-state index < -0.39 is 0 Å². The molecule has 0 aliphatic carbocycles. The molecule has 2 aromatic heterocycles. The number of aromatic nitrogens is 3. The lowest BCUT2D eigenvalue weighted by Gasteiger charge is -2.28. The van der Waals surface area contributed by atoms with Crippen LogP contribution in [-0.2, 0) is 33.6 Å². The summed E-state index contributed by atoms with van der Waals surface area (Å²) < 4.78 is 5.09. The number of para-hydroxylation sites is 1. The van der Waals surface area contributed by atoms with E-state index in [2.05, 4.69) is 39.5 Å². The summed E-state index contributed by atoms with van der Waals surface area (Å²) in [4.78, 5) is 28.3. The second-order valence-electron chi connectivity index (χ2n) is 8.55. The summed E-state index contributed by atoms with van der Waals surface area (Å²) in [6, 6.07) is 20.0. The number of aryl methyl sites for hydroxylation is 1. The molecule has 0 bridgehead atoms. The first-order valence-electron chi connectivity index (χ1n) is 11.1. The van der Waals surface area contributed by atoms with Crippen molar-refractivity contribution in [1.29, 1.82) is 0 Å². The van der Waals surface area contributed by atoms with Gasteiger partial charge in [0.05, 0.1) is 24.3 Å². The summed E-state index contributed by atoms with van der Waals surface area (Å²) in [5.74, 6) is 6.57. The third-order valence-corrected chi connectivity index (χ3v) is 6.48. The van der Waals surface area contributed by atoms with Crippen LogP contribution in [0.15, 0.2) is 70.3 Å². The molecule has 0 atom stereocenters. The van der Waals surface area contributed by atoms with Crippen molar-refractivity contribution in [2.45, 2.75) is 19.5 Å². The third kappa shape index (κ3) is 3.92. The van der Waals surface area contributed by atoms with Gasteiger partial charge in [-0.25, -0.2) is 4.79 Å². The number of benzene rings is 2. The SMILES string of the molecule is Cn1c2c(c(=O)n(Cc3ccccc3)c1=O)CN(CC#Cc1cc3ccccc3n1C)CC2. The fourth-order valence-corrected chi connectivity index (χ4v) is 4.61. The minimum absolute atomic E-state index is 0.191. The molecule has 0 fully saturated rings. The Morgan fingerprint density at radius 3 is 2.48 bits per heavy atom. The molecule has 2 aromatic carbocycles. The monoisotopic (exact) mass is 438 g/mol. The van der Waals surface area contributed by atoms with E-state index in [-0.39, 0.29) is 17.8 Å². The van der Waals surface area contributed by atoms with E-state index >= 15 is 0 Å². The zero-order valence-corrected chi connectivity index (χ0v) is 18.9. The van der Waals surface area contributed by atoms with E-state index in [1.165, 1.54) is 9.95 Å². The first-order valence-corrected chi connectivity index (χ1v) is 11.1. The Labute approximate surface area is 192 Å². The van der Waals surface area contributed by atoms with Gasteiger partial charge in [0.2, 0.25) is 0 Å². The largest absolute Gasteiger partial charge is 0.337 e. The molecule has 166 valence electrons. The van der Waals surface area contributed by atoms with Crippen LogP contribution in [0, 0.1) is 11.8 Å². The summed E-state index contributed by atoms with van der Waals surface area (Å²) in [6.07, 6.45) is 0.665. The maximum atomic E-state index is 13.3. The van der Waals surface area contributed by atoms with Crippen molar-refractivity contribution in [3.05, 3.63) is 104 Å². The van der Waals surface area contributed by atoms with Gasteiger partial charge in [0.15, 0.2) is 0 Å². The van der Waals surface area contributed by atoms with Gasteiger partial charge in [-0.1, -0.05) is 54.5 Å². The molecule has 0 spiro atoms. The van der Waals surface area contributed by atoms with Gasteiger partial charge in [0.25, 0.3) is 5.56 Å². The van der Waals surface area contributed by atoms with Crippen molar-refractivity contribution in [3.8, 4) is 11.8 Å². The normalized spacial score (nSPS) is 13.5. The van der Waals surface area contributed by atoms with E-state index in [1.54, 1.807) is 11.6 Å². The van der Waals surface area contributed by atoms with Gasteiger partial charge >= 0.3 is 5.69 Å². The highest BCUT2D eigenvalue weighted by molar-refractivity contribution is 5.82. The number of rotatable bonds is 3. The van der Waals surface area contributed by atoms with Crippen molar-refractivity contribution in [2.75, 3.05) is 13.1 Å². The summed E-state index contributed by atoms with van der Waals surface area (Å²) in [5, 5.41) is 1.18. The molecule has 0 unspecified atom stereocenters. The van der Waals surface area contributed by atoms with E-state index in [0.717, 1.165) is 29.0 Å². The number of fused-ring (bicyclic) bond motifs is 2. The first kappa shape index (κ1) is 21.0. The molecule has 5 rings (SSSR count). The van der Waals surface area contributed by atoms with Gasteiger partial charge < -0.3 is 9.13 Å². The lowest BCUT2D eigenvalue weighted by atomic mass is 10.1. The van der Waals surface area contributed by atoms with Crippen molar-refractivity contribution < 1.29 is 0 Å². The molecule has 1 aliphatic heterocycles. The predicted octanol–water partition coefficient (Wildman–Crippen LogP) is 2.50. The Hall–Kier alpha value is -3.82. The lowest BCUT2D eigenvalue weighted by Crippen LogP contribution is -2.47. The minimum Gasteiger partial charge on any atom is -0.337 e. The van der Waals surface area contributed by atoms with Crippen LogP contribution < -0.4 is 11.2 Å². The highest BCUT2D eigenvalue weighted by atomic mass is 16.2.